The van der Waals surface area contributed by atoms with Crippen LogP contribution in [0.4, 0.5) is 11.6 Å². The summed E-state index contributed by atoms with van der Waals surface area (Å²) in [6, 6.07) is 21.6. The van der Waals surface area contributed by atoms with Crippen molar-refractivity contribution in [1.82, 2.24) is 15.1 Å². The average Bonchev–Trinajstić information content (AvgIpc) is 2.90. The number of aromatic nitrogens is 2. The lowest BCUT2D eigenvalue weighted by molar-refractivity contribution is 0.0744. The Hall–Kier alpha value is -3.61. The van der Waals surface area contributed by atoms with Gasteiger partial charge in [0.2, 0.25) is 0 Å². The maximum absolute atomic E-state index is 13.3. The molecule has 7 nitrogen and oxygen atoms in total. The highest BCUT2D eigenvalue weighted by Crippen LogP contribution is 2.27. The van der Waals surface area contributed by atoms with Crippen LogP contribution in [0.3, 0.4) is 0 Å². The number of carbonyl (C=O) groups is 1. The van der Waals surface area contributed by atoms with Crippen molar-refractivity contribution >= 4 is 17.5 Å². The van der Waals surface area contributed by atoms with Gasteiger partial charge < -0.3 is 19.4 Å². The summed E-state index contributed by atoms with van der Waals surface area (Å²) in [4.78, 5) is 19.7. The molecule has 1 aromatic heterocycles. The zero-order chi connectivity index (χ0) is 23.3. The fourth-order valence-electron chi connectivity index (χ4n) is 4.74. The van der Waals surface area contributed by atoms with E-state index in [2.05, 4.69) is 39.1 Å². The molecule has 2 aliphatic rings. The zero-order valence-corrected chi connectivity index (χ0v) is 19.6. The van der Waals surface area contributed by atoms with Crippen molar-refractivity contribution in [1.29, 1.82) is 0 Å². The summed E-state index contributed by atoms with van der Waals surface area (Å²) in [5.74, 6) is 3.11. The summed E-state index contributed by atoms with van der Waals surface area (Å²) in [6.45, 7) is 6.01. The van der Waals surface area contributed by atoms with Crippen LogP contribution in [0.5, 0.6) is 11.5 Å². The molecule has 0 bridgehead atoms. The molecule has 176 valence electrons. The molecule has 0 spiro atoms. The largest absolute Gasteiger partial charge is 0.457 e. The number of rotatable bonds is 5. The molecule has 0 radical (unpaired) electrons. The van der Waals surface area contributed by atoms with Gasteiger partial charge in [0.05, 0.1) is 5.56 Å². The number of piperazine rings is 1. The fourth-order valence-corrected chi connectivity index (χ4v) is 4.74. The molecule has 2 fully saturated rings. The van der Waals surface area contributed by atoms with Gasteiger partial charge in [-0.25, -0.2) is 0 Å². The SMILES string of the molecule is CC1CCCCN1c1ccc(N2CCN(C(=O)c3ccccc3Oc3ccccc3)CC2)nn1. The third-order valence-corrected chi connectivity index (χ3v) is 6.71. The second-order valence-electron chi connectivity index (χ2n) is 8.98. The standard InChI is InChI=1S/C27H31N5O2/c1-21-9-7-8-16-32(21)26-15-14-25(28-29-26)30-17-19-31(20-18-30)27(33)23-12-5-6-13-24(23)34-22-10-3-2-4-11-22/h2-6,10-15,21H,7-9,16-20H2,1H3. The van der Waals surface area contributed by atoms with Crippen LogP contribution in [0.15, 0.2) is 66.7 Å². The molecular formula is C27H31N5O2. The third kappa shape index (κ3) is 4.83. The molecule has 0 aliphatic carbocycles. The first-order chi connectivity index (χ1) is 16.7. The second-order valence-corrected chi connectivity index (χ2v) is 8.98. The zero-order valence-electron chi connectivity index (χ0n) is 19.6. The topological polar surface area (TPSA) is 61.8 Å². The van der Waals surface area contributed by atoms with Crippen LogP contribution in [0.1, 0.15) is 36.5 Å². The van der Waals surface area contributed by atoms with E-state index >= 15 is 0 Å². The Morgan fingerprint density at radius 2 is 1.53 bits per heavy atom. The Morgan fingerprint density at radius 1 is 0.824 bits per heavy atom. The van der Waals surface area contributed by atoms with Crippen molar-refractivity contribution in [2.75, 3.05) is 42.5 Å². The summed E-state index contributed by atoms with van der Waals surface area (Å²) in [5.41, 5.74) is 0.583. The molecule has 2 aromatic carbocycles. The first-order valence-corrected chi connectivity index (χ1v) is 12.2. The molecule has 0 N–H and O–H groups in total. The predicted octanol–water partition coefficient (Wildman–Crippen LogP) is 4.61. The van der Waals surface area contributed by atoms with Gasteiger partial charge in [-0.2, -0.15) is 0 Å². The van der Waals surface area contributed by atoms with Crippen LogP contribution >= 0.6 is 0 Å². The van der Waals surface area contributed by atoms with Gasteiger partial charge in [-0.15, -0.1) is 10.2 Å². The summed E-state index contributed by atoms with van der Waals surface area (Å²) in [7, 11) is 0. The van der Waals surface area contributed by atoms with E-state index in [-0.39, 0.29) is 5.91 Å². The van der Waals surface area contributed by atoms with Gasteiger partial charge in [0.25, 0.3) is 5.91 Å². The molecule has 7 heteroatoms. The quantitative estimate of drug-likeness (QED) is 0.558. The molecular weight excluding hydrogens is 426 g/mol. The van der Waals surface area contributed by atoms with Gasteiger partial charge >= 0.3 is 0 Å². The van der Waals surface area contributed by atoms with Gasteiger partial charge in [-0.3, -0.25) is 4.79 Å². The van der Waals surface area contributed by atoms with Crippen molar-refractivity contribution < 1.29 is 9.53 Å². The summed E-state index contributed by atoms with van der Waals surface area (Å²) < 4.78 is 6.00. The molecule has 34 heavy (non-hydrogen) atoms. The summed E-state index contributed by atoms with van der Waals surface area (Å²) >= 11 is 0. The average molecular weight is 458 g/mol. The monoisotopic (exact) mass is 457 g/mol. The van der Waals surface area contributed by atoms with Gasteiger partial charge in [0.1, 0.15) is 11.5 Å². The van der Waals surface area contributed by atoms with Gasteiger partial charge in [0.15, 0.2) is 11.6 Å². The van der Waals surface area contributed by atoms with Crippen molar-refractivity contribution in [2.24, 2.45) is 0 Å². The molecule has 1 amide bonds. The van der Waals surface area contributed by atoms with Crippen molar-refractivity contribution in [3.05, 3.63) is 72.3 Å². The minimum absolute atomic E-state index is 0.00769. The number of ether oxygens (including phenoxy) is 1. The van der Waals surface area contributed by atoms with E-state index in [1.807, 2.05) is 59.5 Å². The molecule has 5 rings (SSSR count). The molecule has 1 unspecified atom stereocenters. The number of piperidine rings is 1. The third-order valence-electron chi connectivity index (χ3n) is 6.71. The summed E-state index contributed by atoms with van der Waals surface area (Å²) in [5, 5.41) is 9.03. The van der Waals surface area contributed by atoms with E-state index in [4.69, 9.17) is 4.74 Å². The number of amides is 1. The first kappa shape index (κ1) is 22.2. The maximum Gasteiger partial charge on any atom is 0.257 e. The van der Waals surface area contributed by atoms with E-state index in [1.54, 1.807) is 0 Å². The highest BCUT2D eigenvalue weighted by atomic mass is 16.5. The normalized spacial score (nSPS) is 18.6. The number of para-hydroxylation sites is 2. The number of carbonyl (C=O) groups excluding carboxylic acids is 1. The minimum atomic E-state index is -0.00769. The molecule has 3 heterocycles. The summed E-state index contributed by atoms with van der Waals surface area (Å²) in [6.07, 6.45) is 3.71. The number of hydrogen-bond donors (Lipinski definition) is 0. The van der Waals surface area contributed by atoms with E-state index in [0.717, 1.165) is 31.3 Å². The number of anilines is 2. The molecule has 2 aliphatic heterocycles. The minimum Gasteiger partial charge on any atom is -0.457 e. The molecule has 3 aromatic rings. The predicted molar refractivity (Wildman–Crippen MR) is 134 cm³/mol. The number of benzene rings is 2. The second kappa shape index (κ2) is 10.1. The lowest BCUT2D eigenvalue weighted by atomic mass is 10.0. The van der Waals surface area contributed by atoms with E-state index in [9.17, 15) is 4.79 Å². The Labute approximate surface area is 201 Å². The van der Waals surface area contributed by atoms with Gasteiger partial charge in [0, 0.05) is 38.8 Å². The molecule has 0 saturated carbocycles. The van der Waals surface area contributed by atoms with E-state index < -0.39 is 0 Å². The van der Waals surface area contributed by atoms with Crippen LogP contribution in [0.2, 0.25) is 0 Å². The Balaban J connectivity index is 1.21. The van der Waals surface area contributed by atoms with E-state index in [1.165, 1.54) is 19.3 Å². The highest BCUT2D eigenvalue weighted by molar-refractivity contribution is 5.97. The van der Waals surface area contributed by atoms with Gasteiger partial charge in [-0.1, -0.05) is 30.3 Å². The Morgan fingerprint density at radius 3 is 2.26 bits per heavy atom. The highest BCUT2D eigenvalue weighted by Gasteiger charge is 2.26. The van der Waals surface area contributed by atoms with Crippen LogP contribution in [-0.4, -0.2) is 59.8 Å². The van der Waals surface area contributed by atoms with Gasteiger partial charge in [-0.05, 0) is 62.6 Å². The number of nitrogens with zero attached hydrogens (tertiary/aromatic N) is 5. The van der Waals surface area contributed by atoms with Crippen molar-refractivity contribution in [3.63, 3.8) is 0 Å². The first-order valence-electron chi connectivity index (χ1n) is 12.2. The van der Waals surface area contributed by atoms with Crippen LogP contribution < -0.4 is 14.5 Å². The molecule has 2 saturated heterocycles. The Kier molecular flexibility index (Phi) is 6.60. The smallest absolute Gasteiger partial charge is 0.257 e. The van der Waals surface area contributed by atoms with Crippen molar-refractivity contribution in [2.45, 2.75) is 32.2 Å². The lowest BCUT2D eigenvalue weighted by Crippen LogP contribution is -2.49. The molecule has 1 atom stereocenters. The maximum atomic E-state index is 13.3. The fraction of sp³-hybridized carbons (Fsp3) is 0.370. The lowest BCUT2D eigenvalue weighted by Gasteiger charge is -2.36. The van der Waals surface area contributed by atoms with E-state index in [0.29, 0.717) is 36.2 Å². The number of hydrogen-bond acceptors (Lipinski definition) is 6. The van der Waals surface area contributed by atoms with Crippen LogP contribution in [0.25, 0.3) is 0 Å². The van der Waals surface area contributed by atoms with Crippen LogP contribution in [0, 0.1) is 0 Å². The Bertz CT molecular complexity index is 1100. The van der Waals surface area contributed by atoms with Crippen LogP contribution in [-0.2, 0) is 0 Å². The van der Waals surface area contributed by atoms with Crippen molar-refractivity contribution in [3.8, 4) is 11.5 Å².